The van der Waals surface area contributed by atoms with E-state index in [2.05, 4.69) is 22.3 Å². The highest BCUT2D eigenvalue weighted by molar-refractivity contribution is 6.04. The van der Waals surface area contributed by atoms with E-state index in [0.717, 1.165) is 87.4 Å². The van der Waals surface area contributed by atoms with Crippen LogP contribution in [0, 0.1) is 0 Å². The van der Waals surface area contributed by atoms with Crippen molar-refractivity contribution in [1.29, 1.82) is 0 Å². The number of benzene rings is 2. The van der Waals surface area contributed by atoms with Crippen molar-refractivity contribution in [1.82, 2.24) is 29.4 Å². The Kier molecular flexibility index (Phi) is 20.5. The van der Waals surface area contributed by atoms with E-state index in [1.54, 1.807) is 29.3 Å². The van der Waals surface area contributed by atoms with Gasteiger partial charge in [0.2, 0.25) is 11.8 Å². The number of ketones is 1. The van der Waals surface area contributed by atoms with Crippen LogP contribution in [0.2, 0.25) is 0 Å². The number of nitrogens with zero attached hydrogens (tertiary/aromatic N) is 6. The first kappa shape index (κ1) is 49.1. The molecule has 2 aromatic heterocycles. The zero-order valence-electron chi connectivity index (χ0n) is 37.3. The van der Waals surface area contributed by atoms with Gasteiger partial charge in [-0.1, -0.05) is 92.4 Å². The second kappa shape index (κ2) is 26.7. The maximum atomic E-state index is 12.6. The first-order valence-electron chi connectivity index (χ1n) is 23.1. The number of aliphatic hydroxyl groups is 1. The Hall–Kier alpha value is -5.89. The lowest BCUT2D eigenvalue weighted by Crippen LogP contribution is -2.34. The molecule has 4 aromatic rings. The quantitative estimate of drug-likeness (QED) is 0.0272. The number of hydrogen-bond acceptors (Lipinski definition) is 9. The van der Waals surface area contributed by atoms with Gasteiger partial charge in [0.1, 0.15) is 0 Å². The minimum Gasteiger partial charge on any atom is -0.481 e. The Morgan fingerprint density at radius 2 is 1.33 bits per heavy atom. The number of carboxylic acids is 1. The zero-order chi connectivity index (χ0) is 45.5. The molecule has 2 aliphatic rings. The fraction of sp³-hybridized carbons (Fsp3) is 0.500. The average Bonchev–Trinajstić information content (AvgIpc) is 4.11. The van der Waals surface area contributed by atoms with E-state index in [9.17, 15) is 29.1 Å². The second-order valence-electron chi connectivity index (χ2n) is 16.7. The summed E-state index contributed by atoms with van der Waals surface area (Å²) in [6.07, 6.45) is 21.5. The number of unbranched alkanes of at least 4 members (excludes halogenated alkanes) is 6. The molecular weight excluding hydrogens is 813 g/mol. The number of aromatic nitrogens is 4. The highest BCUT2D eigenvalue weighted by Crippen LogP contribution is 2.28. The van der Waals surface area contributed by atoms with Gasteiger partial charge >= 0.3 is 11.9 Å². The monoisotopic (exact) mass is 878 g/mol. The topological polar surface area (TPSA) is 177 Å². The van der Waals surface area contributed by atoms with E-state index >= 15 is 0 Å². The van der Waals surface area contributed by atoms with E-state index in [4.69, 9.17) is 9.84 Å². The molecule has 4 heterocycles. The van der Waals surface area contributed by atoms with E-state index in [-0.39, 0.29) is 42.1 Å². The molecule has 0 spiro atoms. The number of carbonyl (C=O) groups excluding carboxylic acids is 4. The van der Waals surface area contributed by atoms with Crippen molar-refractivity contribution in [3.63, 3.8) is 0 Å². The molecular formula is C50H66N6O8. The molecule has 344 valence electrons. The lowest BCUT2D eigenvalue weighted by atomic mass is 10.0. The molecule has 0 saturated carbocycles. The van der Waals surface area contributed by atoms with E-state index in [0.29, 0.717) is 63.9 Å². The van der Waals surface area contributed by atoms with Crippen molar-refractivity contribution in [2.75, 3.05) is 19.7 Å². The predicted octanol–water partition coefficient (Wildman–Crippen LogP) is 7.95. The van der Waals surface area contributed by atoms with Crippen LogP contribution in [0.1, 0.15) is 143 Å². The molecule has 0 bridgehead atoms. The molecule has 0 aliphatic carbocycles. The summed E-state index contributed by atoms with van der Waals surface area (Å²) in [5.41, 5.74) is 3.63. The number of rotatable bonds is 26. The molecule has 2 fully saturated rings. The fourth-order valence-corrected chi connectivity index (χ4v) is 8.27. The van der Waals surface area contributed by atoms with Gasteiger partial charge in [-0.15, -0.1) is 0 Å². The number of esters is 1. The van der Waals surface area contributed by atoms with Crippen LogP contribution in [0.15, 0.2) is 97.6 Å². The molecule has 1 unspecified atom stereocenters. The third-order valence-electron chi connectivity index (χ3n) is 11.8. The van der Waals surface area contributed by atoms with Crippen LogP contribution < -0.4 is 0 Å². The summed E-state index contributed by atoms with van der Waals surface area (Å²) in [6.45, 7) is 4.91. The summed E-state index contributed by atoms with van der Waals surface area (Å²) in [5, 5.41) is 28.0. The Morgan fingerprint density at radius 1 is 0.750 bits per heavy atom. The molecule has 0 radical (unpaired) electrons. The van der Waals surface area contributed by atoms with Gasteiger partial charge in [0, 0.05) is 62.8 Å². The minimum atomic E-state index is -0.751. The van der Waals surface area contributed by atoms with E-state index in [1.807, 2.05) is 82.2 Å². The molecule has 64 heavy (non-hydrogen) atoms. The van der Waals surface area contributed by atoms with Gasteiger partial charge in [-0.2, -0.15) is 10.2 Å². The molecule has 14 nitrogen and oxygen atoms in total. The Morgan fingerprint density at radius 3 is 1.98 bits per heavy atom. The number of carboxylic acid groups (broad SMARTS) is 1. The largest absolute Gasteiger partial charge is 0.481 e. The van der Waals surface area contributed by atoms with Crippen molar-refractivity contribution in [2.24, 2.45) is 0 Å². The number of amides is 2. The molecule has 3 atom stereocenters. The number of aliphatic carboxylic acids is 1. The summed E-state index contributed by atoms with van der Waals surface area (Å²) in [4.78, 5) is 62.9. The van der Waals surface area contributed by atoms with Gasteiger partial charge in [0.05, 0.1) is 49.8 Å². The van der Waals surface area contributed by atoms with Crippen molar-refractivity contribution in [2.45, 2.75) is 141 Å². The van der Waals surface area contributed by atoms with Crippen LogP contribution in [0.3, 0.4) is 0 Å². The third kappa shape index (κ3) is 16.7. The minimum absolute atomic E-state index is 0.0413. The van der Waals surface area contributed by atoms with Gasteiger partial charge < -0.3 is 24.7 Å². The smallest absolute Gasteiger partial charge is 0.305 e. The summed E-state index contributed by atoms with van der Waals surface area (Å²) < 4.78 is 8.52. The lowest BCUT2D eigenvalue weighted by molar-refractivity contribution is -0.143. The maximum Gasteiger partial charge on any atom is 0.305 e. The third-order valence-corrected chi connectivity index (χ3v) is 11.8. The van der Waals surface area contributed by atoms with Crippen LogP contribution in [0.5, 0.6) is 0 Å². The molecule has 2 saturated heterocycles. The number of aliphatic hydroxyl groups excluding tert-OH is 1. The number of ether oxygens (including phenoxy) is 1. The standard InChI is InChI=1S/C26H33N3O4.C24H33N3O4/c1-2-33-26(32)12-8-3-4-9-17-29-23(14-16-25(29)31)13-15-24(30)22-18-27-28(20-22)19-21-10-6-5-7-11-21;28-22(20-16-25-26(18-20)17-19-8-4-3-5-9-19)13-11-21-12-14-23(29)27(21)15-7-2-1-6-10-24(30)31/h5-7,10-11,13,15,18,20,23H,2-4,8-9,12,14,16-17,19H2,1H3;3-5,8-9,16,18,21-22,28H,1-2,6-7,10-15,17H2,(H,30,31)/b15-13+;/t23-;21-,22?/m00/s1. The van der Waals surface area contributed by atoms with Gasteiger partial charge in [-0.3, -0.25) is 33.3 Å². The van der Waals surface area contributed by atoms with Crippen LogP contribution in [0.4, 0.5) is 0 Å². The summed E-state index contributed by atoms with van der Waals surface area (Å²) in [5.74, 6) is -0.667. The van der Waals surface area contributed by atoms with Crippen molar-refractivity contribution in [3.05, 3.63) is 120 Å². The van der Waals surface area contributed by atoms with Crippen LogP contribution >= 0.6 is 0 Å². The average molecular weight is 879 g/mol. The molecule has 2 aliphatic heterocycles. The van der Waals surface area contributed by atoms with Gasteiger partial charge in [-0.05, 0) is 75.5 Å². The highest BCUT2D eigenvalue weighted by Gasteiger charge is 2.31. The second-order valence-corrected chi connectivity index (χ2v) is 16.7. The van der Waals surface area contributed by atoms with Crippen LogP contribution in [0.25, 0.3) is 0 Å². The predicted molar refractivity (Wildman–Crippen MR) is 243 cm³/mol. The summed E-state index contributed by atoms with van der Waals surface area (Å²) >= 11 is 0. The van der Waals surface area contributed by atoms with Gasteiger partial charge in [0.15, 0.2) is 5.78 Å². The number of hydrogen-bond donors (Lipinski definition) is 2. The van der Waals surface area contributed by atoms with Crippen molar-refractivity contribution < 1.29 is 38.9 Å². The van der Waals surface area contributed by atoms with Crippen LogP contribution in [-0.2, 0) is 37.0 Å². The number of carbonyl (C=O) groups is 5. The maximum absolute atomic E-state index is 12.6. The van der Waals surface area contributed by atoms with E-state index in [1.165, 1.54) is 0 Å². The van der Waals surface area contributed by atoms with Gasteiger partial charge in [-0.25, -0.2) is 0 Å². The molecule has 14 heteroatoms. The van der Waals surface area contributed by atoms with Crippen molar-refractivity contribution in [3.8, 4) is 0 Å². The summed E-state index contributed by atoms with van der Waals surface area (Å²) in [6, 6.07) is 20.2. The zero-order valence-corrected chi connectivity index (χ0v) is 37.3. The SMILES string of the molecule is CCOC(=O)CCCCCCN1C(=O)CC[C@@H]1/C=C/C(=O)c1cnn(Cc2ccccc2)c1.O=C(O)CCCCCCN1C(=O)CC[C@@H]1CCC(O)c1cnn(Cc2ccccc2)c1. The molecule has 6 rings (SSSR count). The Balaban J connectivity index is 0.000000241. The lowest BCUT2D eigenvalue weighted by Gasteiger charge is -2.25. The Bertz CT molecular complexity index is 2080. The van der Waals surface area contributed by atoms with Gasteiger partial charge in [0.25, 0.3) is 0 Å². The van der Waals surface area contributed by atoms with E-state index < -0.39 is 12.1 Å². The molecule has 2 aromatic carbocycles. The fourth-order valence-electron chi connectivity index (χ4n) is 8.27. The van der Waals surface area contributed by atoms with Crippen LogP contribution in [-0.4, -0.2) is 101 Å². The normalized spacial score (nSPS) is 16.6. The number of allylic oxidation sites excluding steroid dienone is 1. The Labute approximate surface area is 377 Å². The highest BCUT2D eigenvalue weighted by atomic mass is 16.5. The molecule has 2 N–H and O–H groups in total. The molecule has 2 amide bonds. The first-order chi connectivity index (χ1) is 31.1. The van der Waals surface area contributed by atoms with Crippen molar-refractivity contribution >= 4 is 29.5 Å². The number of likely N-dealkylation sites (tertiary alicyclic amines) is 2. The summed E-state index contributed by atoms with van der Waals surface area (Å²) in [7, 11) is 0. The first-order valence-corrected chi connectivity index (χ1v) is 23.1.